The van der Waals surface area contributed by atoms with Gasteiger partial charge in [-0.25, -0.2) is 0 Å². The van der Waals surface area contributed by atoms with Gasteiger partial charge in [0.05, 0.1) is 11.6 Å². The first-order valence-electron chi connectivity index (χ1n) is 7.28. The SMILES string of the molecule is CC(C)Cc1cc(C(=O)N(C)Cc2ccc(C#N)cc2)n[nH]1. The van der Waals surface area contributed by atoms with Crippen LogP contribution in [0.4, 0.5) is 0 Å². The standard InChI is InChI=1S/C17H20N4O/c1-12(2)8-15-9-16(20-19-15)17(22)21(3)11-14-6-4-13(10-18)5-7-14/h4-7,9,12H,8,11H2,1-3H3,(H,19,20). The summed E-state index contributed by atoms with van der Waals surface area (Å²) in [6.07, 6.45) is 0.875. The average Bonchev–Trinajstić information content (AvgIpc) is 2.94. The van der Waals surface area contributed by atoms with Gasteiger partial charge in [0, 0.05) is 19.3 Å². The van der Waals surface area contributed by atoms with Gasteiger partial charge in [-0.05, 0) is 36.1 Å². The molecule has 2 aromatic rings. The number of rotatable bonds is 5. The second kappa shape index (κ2) is 6.90. The fourth-order valence-corrected chi connectivity index (χ4v) is 2.24. The molecule has 0 aliphatic heterocycles. The third kappa shape index (κ3) is 3.95. The van der Waals surface area contributed by atoms with Gasteiger partial charge in [0.25, 0.3) is 5.91 Å². The van der Waals surface area contributed by atoms with Gasteiger partial charge in [0.1, 0.15) is 5.69 Å². The number of nitrogens with one attached hydrogen (secondary N) is 1. The van der Waals surface area contributed by atoms with Crippen molar-refractivity contribution in [2.75, 3.05) is 7.05 Å². The number of hydrogen-bond donors (Lipinski definition) is 1. The highest BCUT2D eigenvalue weighted by Gasteiger charge is 2.16. The predicted octanol–water partition coefficient (Wildman–Crippen LogP) is 2.75. The summed E-state index contributed by atoms with van der Waals surface area (Å²) in [5, 5.41) is 15.8. The number of nitrogens with zero attached hydrogens (tertiary/aromatic N) is 3. The summed E-state index contributed by atoms with van der Waals surface area (Å²) >= 11 is 0. The van der Waals surface area contributed by atoms with Gasteiger partial charge in [-0.2, -0.15) is 10.4 Å². The van der Waals surface area contributed by atoms with Gasteiger partial charge in [0.15, 0.2) is 0 Å². The average molecular weight is 296 g/mol. The van der Waals surface area contributed by atoms with E-state index >= 15 is 0 Å². The fourth-order valence-electron chi connectivity index (χ4n) is 2.24. The van der Waals surface area contributed by atoms with Crippen molar-refractivity contribution in [2.24, 2.45) is 5.92 Å². The predicted molar refractivity (Wildman–Crippen MR) is 84.1 cm³/mol. The zero-order chi connectivity index (χ0) is 16.1. The second-order valence-corrected chi connectivity index (χ2v) is 5.85. The molecule has 0 spiro atoms. The molecule has 1 heterocycles. The molecule has 1 N–H and O–H groups in total. The van der Waals surface area contributed by atoms with Crippen LogP contribution in [-0.2, 0) is 13.0 Å². The van der Waals surface area contributed by atoms with E-state index in [9.17, 15) is 4.79 Å². The number of amides is 1. The van der Waals surface area contributed by atoms with Crippen molar-refractivity contribution in [3.63, 3.8) is 0 Å². The summed E-state index contributed by atoms with van der Waals surface area (Å²) in [5.74, 6) is 0.399. The van der Waals surface area contributed by atoms with Crippen molar-refractivity contribution in [1.29, 1.82) is 5.26 Å². The van der Waals surface area contributed by atoms with E-state index in [2.05, 4.69) is 30.1 Å². The lowest BCUT2D eigenvalue weighted by Gasteiger charge is -2.15. The van der Waals surface area contributed by atoms with Crippen LogP contribution in [0.3, 0.4) is 0 Å². The molecule has 5 nitrogen and oxygen atoms in total. The van der Waals surface area contributed by atoms with E-state index in [1.54, 1.807) is 24.1 Å². The minimum Gasteiger partial charge on any atom is -0.336 e. The first-order valence-corrected chi connectivity index (χ1v) is 7.28. The Balaban J connectivity index is 2.02. The molecule has 22 heavy (non-hydrogen) atoms. The molecule has 1 amide bonds. The number of H-pyrrole nitrogens is 1. The zero-order valence-electron chi connectivity index (χ0n) is 13.1. The molecule has 0 saturated carbocycles. The summed E-state index contributed by atoms with van der Waals surface area (Å²) in [6.45, 7) is 4.73. The molecule has 5 heteroatoms. The molecule has 0 atom stereocenters. The molecule has 0 unspecified atom stereocenters. The van der Waals surface area contributed by atoms with E-state index in [0.29, 0.717) is 23.7 Å². The van der Waals surface area contributed by atoms with Gasteiger partial charge in [-0.15, -0.1) is 0 Å². The Morgan fingerprint density at radius 2 is 2.05 bits per heavy atom. The lowest BCUT2D eigenvalue weighted by Crippen LogP contribution is -2.26. The lowest BCUT2D eigenvalue weighted by atomic mass is 10.1. The van der Waals surface area contributed by atoms with Crippen LogP contribution in [0.2, 0.25) is 0 Å². The van der Waals surface area contributed by atoms with Crippen LogP contribution in [0.1, 0.15) is 41.2 Å². The van der Waals surface area contributed by atoms with Gasteiger partial charge < -0.3 is 4.90 Å². The quantitative estimate of drug-likeness (QED) is 0.922. The van der Waals surface area contributed by atoms with Gasteiger partial charge in [0.2, 0.25) is 0 Å². The van der Waals surface area contributed by atoms with Crippen LogP contribution in [0.25, 0.3) is 0 Å². The van der Waals surface area contributed by atoms with E-state index in [1.165, 1.54) is 0 Å². The Morgan fingerprint density at radius 3 is 2.64 bits per heavy atom. The maximum Gasteiger partial charge on any atom is 0.274 e. The summed E-state index contributed by atoms with van der Waals surface area (Å²) in [7, 11) is 1.75. The van der Waals surface area contributed by atoms with Crippen molar-refractivity contribution in [1.82, 2.24) is 15.1 Å². The van der Waals surface area contributed by atoms with Crippen LogP contribution in [0.5, 0.6) is 0 Å². The smallest absolute Gasteiger partial charge is 0.274 e. The summed E-state index contributed by atoms with van der Waals surface area (Å²) in [4.78, 5) is 14.0. The van der Waals surface area contributed by atoms with Crippen LogP contribution in [0, 0.1) is 17.2 Å². The molecule has 0 fully saturated rings. The molecular weight excluding hydrogens is 276 g/mol. The van der Waals surface area contributed by atoms with Crippen molar-refractivity contribution >= 4 is 5.91 Å². The maximum absolute atomic E-state index is 12.4. The number of nitriles is 1. The summed E-state index contributed by atoms with van der Waals surface area (Å²) < 4.78 is 0. The highest BCUT2D eigenvalue weighted by atomic mass is 16.2. The molecular formula is C17H20N4O. The largest absolute Gasteiger partial charge is 0.336 e. The van der Waals surface area contributed by atoms with Crippen molar-refractivity contribution in [3.05, 3.63) is 52.8 Å². The van der Waals surface area contributed by atoms with E-state index in [4.69, 9.17) is 5.26 Å². The normalized spacial score (nSPS) is 10.5. The van der Waals surface area contributed by atoms with E-state index in [-0.39, 0.29) is 5.91 Å². The molecule has 0 aliphatic carbocycles. The first-order chi connectivity index (χ1) is 10.5. The van der Waals surface area contributed by atoms with Gasteiger partial charge in [-0.3, -0.25) is 9.89 Å². The number of aromatic amines is 1. The van der Waals surface area contributed by atoms with Crippen LogP contribution < -0.4 is 0 Å². The third-order valence-electron chi connectivity index (χ3n) is 3.33. The number of hydrogen-bond acceptors (Lipinski definition) is 3. The van der Waals surface area contributed by atoms with E-state index in [0.717, 1.165) is 17.7 Å². The van der Waals surface area contributed by atoms with Gasteiger partial charge in [-0.1, -0.05) is 26.0 Å². The Labute approximate surface area is 130 Å². The monoisotopic (exact) mass is 296 g/mol. The number of carbonyl (C=O) groups excluding carboxylic acids is 1. The Kier molecular flexibility index (Phi) is 4.95. The minimum atomic E-state index is -0.115. The van der Waals surface area contributed by atoms with Crippen LogP contribution in [-0.4, -0.2) is 28.1 Å². The molecule has 0 aliphatic rings. The number of carbonyl (C=O) groups is 1. The topological polar surface area (TPSA) is 72.8 Å². The maximum atomic E-state index is 12.4. The van der Waals surface area contributed by atoms with Crippen molar-refractivity contribution in [3.8, 4) is 6.07 Å². The molecule has 1 aromatic carbocycles. The van der Waals surface area contributed by atoms with E-state index in [1.807, 2.05) is 18.2 Å². The summed E-state index contributed by atoms with van der Waals surface area (Å²) in [5.41, 5.74) is 3.01. The van der Waals surface area contributed by atoms with E-state index < -0.39 is 0 Å². The van der Waals surface area contributed by atoms with Crippen molar-refractivity contribution < 1.29 is 4.79 Å². The lowest BCUT2D eigenvalue weighted by molar-refractivity contribution is 0.0779. The van der Waals surface area contributed by atoms with Gasteiger partial charge >= 0.3 is 0 Å². The molecule has 1 aromatic heterocycles. The molecule has 0 radical (unpaired) electrons. The summed E-state index contributed by atoms with van der Waals surface area (Å²) in [6, 6.07) is 11.1. The molecule has 114 valence electrons. The van der Waals surface area contributed by atoms with Crippen LogP contribution >= 0.6 is 0 Å². The molecule has 2 rings (SSSR count). The molecule has 0 bridgehead atoms. The fraction of sp³-hybridized carbons (Fsp3) is 0.353. The highest BCUT2D eigenvalue weighted by Crippen LogP contribution is 2.11. The number of benzene rings is 1. The highest BCUT2D eigenvalue weighted by molar-refractivity contribution is 5.92. The number of aromatic nitrogens is 2. The van der Waals surface area contributed by atoms with Crippen molar-refractivity contribution in [2.45, 2.75) is 26.8 Å². The van der Waals surface area contributed by atoms with Crippen LogP contribution in [0.15, 0.2) is 30.3 Å². The Hall–Kier alpha value is -2.61. The Morgan fingerprint density at radius 1 is 1.36 bits per heavy atom. The first kappa shape index (κ1) is 15.8. The second-order valence-electron chi connectivity index (χ2n) is 5.85. The Bertz CT molecular complexity index is 679. The molecule has 0 saturated heterocycles. The third-order valence-corrected chi connectivity index (χ3v) is 3.33. The zero-order valence-corrected chi connectivity index (χ0v) is 13.1. The minimum absolute atomic E-state index is 0.115.